The zero-order valence-corrected chi connectivity index (χ0v) is 12.6. The molecule has 2 heteroatoms. The predicted octanol–water partition coefficient (Wildman–Crippen LogP) is 4.49. The van der Waals surface area contributed by atoms with Crippen molar-refractivity contribution in [3.8, 4) is 5.75 Å². The van der Waals surface area contributed by atoms with Crippen LogP contribution in [0.4, 0.5) is 5.69 Å². The van der Waals surface area contributed by atoms with E-state index in [-0.39, 0.29) is 0 Å². The lowest BCUT2D eigenvalue weighted by Gasteiger charge is -2.10. The minimum atomic E-state index is 0.737. The third-order valence-electron chi connectivity index (χ3n) is 3.16. The fourth-order valence-corrected chi connectivity index (χ4v) is 2.21. The van der Waals surface area contributed by atoms with Gasteiger partial charge in [0, 0.05) is 12.2 Å². The smallest absolute Gasteiger partial charge is 0.119 e. The van der Waals surface area contributed by atoms with E-state index in [0.29, 0.717) is 0 Å². The van der Waals surface area contributed by atoms with Crippen molar-refractivity contribution in [3.05, 3.63) is 59.2 Å². The zero-order chi connectivity index (χ0) is 14.4. The van der Waals surface area contributed by atoms with Crippen LogP contribution in [0.5, 0.6) is 5.75 Å². The molecule has 0 bridgehead atoms. The van der Waals surface area contributed by atoms with Gasteiger partial charge in [0.05, 0.1) is 6.61 Å². The Morgan fingerprint density at radius 2 is 1.50 bits per heavy atom. The maximum absolute atomic E-state index is 5.71. The number of hydrogen-bond acceptors (Lipinski definition) is 2. The first-order valence-electron chi connectivity index (χ1n) is 7.15. The Hall–Kier alpha value is -1.96. The van der Waals surface area contributed by atoms with Crippen LogP contribution in [-0.2, 0) is 0 Å². The van der Waals surface area contributed by atoms with E-state index in [2.05, 4.69) is 56.4 Å². The molecule has 0 aromatic heterocycles. The number of hydrogen-bond donors (Lipinski definition) is 1. The highest BCUT2D eigenvalue weighted by Gasteiger charge is 1.96. The first-order chi connectivity index (χ1) is 9.63. The van der Waals surface area contributed by atoms with Gasteiger partial charge in [-0.2, -0.15) is 0 Å². The molecule has 2 nitrogen and oxygen atoms in total. The average Bonchev–Trinajstić information content (AvgIpc) is 2.39. The number of ether oxygens (including phenoxy) is 1. The van der Waals surface area contributed by atoms with Gasteiger partial charge < -0.3 is 10.1 Å². The highest BCUT2D eigenvalue weighted by molar-refractivity contribution is 5.48. The lowest BCUT2D eigenvalue weighted by Crippen LogP contribution is -2.07. The molecule has 0 fully saturated rings. The maximum Gasteiger partial charge on any atom is 0.119 e. The summed E-state index contributed by atoms with van der Waals surface area (Å²) in [6, 6.07) is 14.7. The Bertz CT molecular complexity index is 526. The molecule has 0 atom stereocenters. The third-order valence-corrected chi connectivity index (χ3v) is 3.16. The Kier molecular flexibility index (Phi) is 5.05. The van der Waals surface area contributed by atoms with Crippen molar-refractivity contribution >= 4 is 5.69 Å². The van der Waals surface area contributed by atoms with Gasteiger partial charge in [-0.15, -0.1) is 0 Å². The highest BCUT2D eigenvalue weighted by atomic mass is 16.5. The largest absolute Gasteiger partial charge is 0.494 e. The van der Waals surface area contributed by atoms with Crippen LogP contribution in [0.25, 0.3) is 0 Å². The van der Waals surface area contributed by atoms with Gasteiger partial charge in [0.15, 0.2) is 0 Å². The van der Waals surface area contributed by atoms with Crippen LogP contribution in [0.3, 0.4) is 0 Å². The molecule has 2 aromatic rings. The third kappa shape index (κ3) is 4.61. The number of benzene rings is 2. The van der Waals surface area contributed by atoms with Crippen LogP contribution in [0.2, 0.25) is 0 Å². The van der Waals surface area contributed by atoms with Gasteiger partial charge in [-0.25, -0.2) is 0 Å². The normalized spacial score (nSPS) is 10.3. The number of nitrogens with one attached hydrogen (secondary N) is 1. The number of rotatable bonds is 6. The summed E-state index contributed by atoms with van der Waals surface area (Å²) < 4.78 is 5.71. The predicted molar refractivity (Wildman–Crippen MR) is 85.7 cm³/mol. The molecule has 0 aliphatic heterocycles. The zero-order valence-electron chi connectivity index (χ0n) is 12.6. The Morgan fingerprint density at radius 1 is 0.850 bits per heavy atom. The molecule has 0 aliphatic rings. The molecular formula is C18H23NO. The molecule has 0 radical (unpaired) electrons. The standard InChI is InChI=1S/C18H23NO/c1-14-5-7-18(8-6-14)20-10-4-9-19-17-12-15(2)11-16(3)13-17/h5-8,11-13,19H,4,9-10H2,1-3H3. The van der Waals surface area contributed by atoms with Crippen molar-refractivity contribution < 1.29 is 4.74 Å². The second-order valence-electron chi connectivity index (χ2n) is 5.32. The number of aryl methyl sites for hydroxylation is 3. The van der Waals surface area contributed by atoms with Crippen LogP contribution in [0, 0.1) is 20.8 Å². The van der Waals surface area contributed by atoms with E-state index in [4.69, 9.17) is 4.74 Å². The molecule has 0 unspecified atom stereocenters. The van der Waals surface area contributed by atoms with Gasteiger partial charge in [-0.3, -0.25) is 0 Å². The summed E-state index contributed by atoms with van der Waals surface area (Å²) >= 11 is 0. The Balaban J connectivity index is 1.70. The van der Waals surface area contributed by atoms with E-state index in [1.54, 1.807) is 0 Å². The second kappa shape index (κ2) is 6.99. The Morgan fingerprint density at radius 3 is 2.15 bits per heavy atom. The summed E-state index contributed by atoms with van der Waals surface area (Å²) in [4.78, 5) is 0. The van der Waals surface area contributed by atoms with Gasteiger partial charge in [0.1, 0.15) is 5.75 Å². The molecule has 0 spiro atoms. The van der Waals surface area contributed by atoms with Crippen molar-refractivity contribution in [3.63, 3.8) is 0 Å². The SMILES string of the molecule is Cc1ccc(OCCCNc2cc(C)cc(C)c2)cc1. The van der Waals surface area contributed by atoms with Gasteiger partial charge in [-0.1, -0.05) is 23.8 Å². The fourth-order valence-electron chi connectivity index (χ4n) is 2.21. The van der Waals surface area contributed by atoms with Crippen molar-refractivity contribution in [1.82, 2.24) is 0 Å². The molecule has 0 amide bonds. The van der Waals surface area contributed by atoms with E-state index in [1.165, 1.54) is 22.4 Å². The molecule has 2 rings (SSSR count). The van der Waals surface area contributed by atoms with Crippen molar-refractivity contribution in [2.24, 2.45) is 0 Å². The number of anilines is 1. The average molecular weight is 269 g/mol. The van der Waals surface area contributed by atoms with Crippen LogP contribution in [-0.4, -0.2) is 13.2 Å². The minimum Gasteiger partial charge on any atom is -0.494 e. The summed E-state index contributed by atoms with van der Waals surface area (Å²) in [5, 5.41) is 3.44. The summed E-state index contributed by atoms with van der Waals surface area (Å²) in [5.41, 5.74) is 5.04. The Labute approximate surface area is 121 Å². The summed E-state index contributed by atoms with van der Waals surface area (Å²) in [7, 11) is 0. The monoisotopic (exact) mass is 269 g/mol. The topological polar surface area (TPSA) is 21.3 Å². The maximum atomic E-state index is 5.71. The highest BCUT2D eigenvalue weighted by Crippen LogP contribution is 2.14. The van der Waals surface area contributed by atoms with Crippen LogP contribution >= 0.6 is 0 Å². The molecule has 0 saturated heterocycles. The molecular weight excluding hydrogens is 246 g/mol. The van der Waals surface area contributed by atoms with Crippen LogP contribution < -0.4 is 10.1 Å². The minimum absolute atomic E-state index is 0.737. The molecule has 0 saturated carbocycles. The van der Waals surface area contributed by atoms with Crippen molar-refractivity contribution in [2.45, 2.75) is 27.2 Å². The van der Waals surface area contributed by atoms with Gasteiger partial charge in [-0.05, 0) is 62.6 Å². The van der Waals surface area contributed by atoms with Crippen molar-refractivity contribution in [1.29, 1.82) is 0 Å². The van der Waals surface area contributed by atoms with Crippen LogP contribution in [0.1, 0.15) is 23.1 Å². The van der Waals surface area contributed by atoms with Gasteiger partial charge >= 0.3 is 0 Å². The van der Waals surface area contributed by atoms with Crippen LogP contribution in [0.15, 0.2) is 42.5 Å². The van der Waals surface area contributed by atoms with E-state index in [0.717, 1.165) is 25.3 Å². The molecule has 2 aromatic carbocycles. The lowest BCUT2D eigenvalue weighted by molar-refractivity contribution is 0.315. The summed E-state index contributed by atoms with van der Waals surface area (Å²) in [5.74, 6) is 0.946. The van der Waals surface area contributed by atoms with Gasteiger partial charge in [0.2, 0.25) is 0 Å². The molecule has 0 heterocycles. The first kappa shape index (κ1) is 14.4. The fraction of sp³-hybridized carbons (Fsp3) is 0.333. The quantitative estimate of drug-likeness (QED) is 0.780. The molecule has 106 valence electrons. The molecule has 1 N–H and O–H groups in total. The summed E-state index contributed by atoms with van der Waals surface area (Å²) in [6.07, 6.45) is 0.987. The van der Waals surface area contributed by atoms with Crippen molar-refractivity contribution in [2.75, 3.05) is 18.5 Å². The van der Waals surface area contributed by atoms with Gasteiger partial charge in [0.25, 0.3) is 0 Å². The molecule has 20 heavy (non-hydrogen) atoms. The second-order valence-corrected chi connectivity index (χ2v) is 5.32. The van der Waals surface area contributed by atoms with E-state index in [1.807, 2.05) is 12.1 Å². The van der Waals surface area contributed by atoms with E-state index >= 15 is 0 Å². The first-order valence-corrected chi connectivity index (χ1v) is 7.15. The lowest BCUT2D eigenvalue weighted by atomic mass is 10.1. The molecule has 0 aliphatic carbocycles. The summed E-state index contributed by atoms with van der Waals surface area (Å²) in [6.45, 7) is 7.99. The van der Waals surface area contributed by atoms with E-state index < -0.39 is 0 Å². The van der Waals surface area contributed by atoms with E-state index in [9.17, 15) is 0 Å².